The van der Waals surface area contributed by atoms with Crippen molar-refractivity contribution in [3.8, 4) is 11.6 Å². The molecule has 1 aliphatic rings. The Morgan fingerprint density at radius 2 is 2.23 bits per heavy atom. The zero-order valence-corrected chi connectivity index (χ0v) is 18.5. The second-order valence-electron chi connectivity index (χ2n) is 7.62. The number of furan rings is 1. The van der Waals surface area contributed by atoms with Crippen molar-refractivity contribution in [3.63, 3.8) is 0 Å². The summed E-state index contributed by atoms with van der Waals surface area (Å²) < 4.78 is 21.6. The first-order chi connectivity index (χ1) is 15.0. The van der Waals surface area contributed by atoms with E-state index in [9.17, 15) is 9.18 Å². The highest BCUT2D eigenvalue weighted by atomic mass is 32.2. The molecule has 1 aliphatic heterocycles. The molecule has 0 saturated carbocycles. The molecule has 0 aliphatic carbocycles. The molecule has 1 fully saturated rings. The number of nitrogens with one attached hydrogen (secondary N) is 1. The first-order valence-corrected chi connectivity index (χ1v) is 11.4. The molecule has 0 radical (unpaired) electrons. The summed E-state index contributed by atoms with van der Waals surface area (Å²) in [6.07, 6.45) is 3.39. The fourth-order valence-electron chi connectivity index (χ4n) is 3.85. The lowest BCUT2D eigenvalue weighted by Crippen LogP contribution is -2.48. The van der Waals surface area contributed by atoms with Crippen molar-refractivity contribution in [1.29, 1.82) is 0 Å². The Morgan fingerprint density at radius 1 is 1.35 bits per heavy atom. The van der Waals surface area contributed by atoms with E-state index in [0.717, 1.165) is 24.9 Å². The van der Waals surface area contributed by atoms with Gasteiger partial charge >= 0.3 is 0 Å². The zero-order valence-electron chi connectivity index (χ0n) is 17.7. The third-order valence-electron chi connectivity index (χ3n) is 5.34. The minimum Gasteiger partial charge on any atom is -0.461 e. The Balaban J connectivity index is 1.34. The predicted molar refractivity (Wildman–Crippen MR) is 119 cm³/mol. The van der Waals surface area contributed by atoms with Gasteiger partial charge in [-0.1, -0.05) is 17.8 Å². The average Bonchev–Trinajstić information content (AvgIpc) is 3.43. The summed E-state index contributed by atoms with van der Waals surface area (Å²) in [7, 11) is 0. The number of rotatable bonds is 7. The number of carbonyl (C=O) groups excluding carboxylic acids is 1. The second-order valence-corrected chi connectivity index (χ2v) is 8.57. The maximum atomic E-state index is 14.3. The number of thioether (sulfide) groups is 1. The van der Waals surface area contributed by atoms with Gasteiger partial charge in [0.05, 0.1) is 17.7 Å². The predicted octanol–water partition coefficient (Wildman–Crippen LogP) is 3.88. The first kappa shape index (κ1) is 21.4. The number of hydrogen-bond donors (Lipinski definition) is 1. The molecule has 0 spiro atoms. The maximum absolute atomic E-state index is 14.3. The van der Waals surface area contributed by atoms with Gasteiger partial charge in [0.2, 0.25) is 5.91 Å². The Kier molecular flexibility index (Phi) is 6.60. The lowest BCUT2D eigenvalue weighted by atomic mass is 10.0. The first-order valence-electron chi connectivity index (χ1n) is 10.5. The molecule has 7 nitrogen and oxygen atoms in total. The van der Waals surface area contributed by atoms with E-state index in [1.165, 1.54) is 17.8 Å². The number of benzene rings is 1. The SMILES string of the molecule is CCn1c(SCC(=O)NC2CCCN(c3cc(C)ccc3F)C2)nnc1-c1ccco1. The number of hydrogen-bond acceptors (Lipinski definition) is 6. The zero-order chi connectivity index (χ0) is 21.8. The lowest BCUT2D eigenvalue weighted by Gasteiger charge is -2.35. The number of amides is 1. The Labute approximate surface area is 185 Å². The minimum absolute atomic E-state index is 0.00973. The van der Waals surface area contributed by atoms with Crippen LogP contribution in [0.5, 0.6) is 0 Å². The van der Waals surface area contributed by atoms with Crippen molar-refractivity contribution in [1.82, 2.24) is 20.1 Å². The molecule has 1 N–H and O–H groups in total. The molecule has 4 rings (SSSR count). The molecule has 3 heterocycles. The van der Waals surface area contributed by atoms with Gasteiger partial charge < -0.3 is 14.6 Å². The van der Waals surface area contributed by atoms with Crippen LogP contribution in [0.4, 0.5) is 10.1 Å². The molecular weight excluding hydrogens is 417 g/mol. The van der Waals surface area contributed by atoms with E-state index in [1.807, 2.05) is 35.4 Å². The number of aryl methyl sites for hydroxylation is 1. The molecule has 2 aromatic heterocycles. The van der Waals surface area contributed by atoms with Crippen LogP contribution < -0.4 is 10.2 Å². The van der Waals surface area contributed by atoms with Crippen molar-refractivity contribution in [2.45, 2.75) is 44.4 Å². The van der Waals surface area contributed by atoms with Crippen LogP contribution in [0.2, 0.25) is 0 Å². The van der Waals surface area contributed by atoms with Gasteiger partial charge in [-0.25, -0.2) is 4.39 Å². The number of nitrogens with zero attached hydrogens (tertiary/aromatic N) is 4. The molecule has 164 valence electrons. The van der Waals surface area contributed by atoms with Gasteiger partial charge in [0.25, 0.3) is 0 Å². The summed E-state index contributed by atoms with van der Waals surface area (Å²) >= 11 is 1.35. The third kappa shape index (κ3) is 4.92. The third-order valence-corrected chi connectivity index (χ3v) is 6.30. The number of halogens is 1. The van der Waals surface area contributed by atoms with Gasteiger partial charge in [0.15, 0.2) is 16.7 Å². The van der Waals surface area contributed by atoms with Crippen molar-refractivity contribution in [2.75, 3.05) is 23.7 Å². The molecule has 1 unspecified atom stereocenters. The summed E-state index contributed by atoms with van der Waals surface area (Å²) in [6, 6.07) is 8.77. The summed E-state index contributed by atoms with van der Waals surface area (Å²) in [6.45, 7) is 6.02. The highest BCUT2D eigenvalue weighted by molar-refractivity contribution is 7.99. The summed E-state index contributed by atoms with van der Waals surface area (Å²) in [5.41, 5.74) is 1.63. The Morgan fingerprint density at radius 3 is 3.00 bits per heavy atom. The van der Waals surface area contributed by atoms with Gasteiger partial charge in [-0.15, -0.1) is 10.2 Å². The van der Waals surface area contributed by atoms with Crippen molar-refractivity contribution in [3.05, 3.63) is 48.0 Å². The molecule has 1 amide bonds. The van der Waals surface area contributed by atoms with Gasteiger partial charge in [0, 0.05) is 25.7 Å². The van der Waals surface area contributed by atoms with E-state index in [0.29, 0.717) is 35.5 Å². The van der Waals surface area contributed by atoms with E-state index in [2.05, 4.69) is 15.5 Å². The van der Waals surface area contributed by atoms with Gasteiger partial charge in [-0.05, 0) is 56.5 Å². The van der Waals surface area contributed by atoms with Crippen LogP contribution in [0.25, 0.3) is 11.6 Å². The van der Waals surface area contributed by atoms with Gasteiger partial charge in [0.1, 0.15) is 5.82 Å². The molecule has 1 aromatic carbocycles. The van der Waals surface area contributed by atoms with Crippen LogP contribution in [0, 0.1) is 12.7 Å². The highest BCUT2D eigenvalue weighted by Crippen LogP contribution is 2.26. The van der Waals surface area contributed by atoms with Crippen LogP contribution in [0.15, 0.2) is 46.2 Å². The molecule has 1 atom stereocenters. The smallest absolute Gasteiger partial charge is 0.230 e. The topological polar surface area (TPSA) is 76.2 Å². The quantitative estimate of drug-likeness (QED) is 0.559. The van der Waals surface area contributed by atoms with Crippen molar-refractivity contribution in [2.24, 2.45) is 0 Å². The Hall–Kier alpha value is -2.81. The van der Waals surface area contributed by atoms with Crippen LogP contribution in [0.1, 0.15) is 25.3 Å². The molecule has 1 saturated heterocycles. The van der Waals surface area contributed by atoms with Crippen LogP contribution in [0.3, 0.4) is 0 Å². The molecule has 9 heteroatoms. The van der Waals surface area contributed by atoms with E-state index in [-0.39, 0.29) is 23.5 Å². The monoisotopic (exact) mass is 443 g/mol. The van der Waals surface area contributed by atoms with E-state index in [4.69, 9.17) is 4.42 Å². The number of anilines is 1. The van der Waals surface area contributed by atoms with Crippen LogP contribution >= 0.6 is 11.8 Å². The lowest BCUT2D eigenvalue weighted by molar-refractivity contribution is -0.119. The van der Waals surface area contributed by atoms with Gasteiger partial charge in [-0.3, -0.25) is 9.36 Å². The normalized spacial score (nSPS) is 16.5. The fourth-order valence-corrected chi connectivity index (χ4v) is 4.66. The molecular formula is C22H26FN5O2S. The van der Waals surface area contributed by atoms with Crippen LogP contribution in [-0.2, 0) is 11.3 Å². The van der Waals surface area contributed by atoms with Gasteiger partial charge in [-0.2, -0.15) is 0 Å². The molecule has 3 aromatic rings. The standard InChI is InChI=1S/C22H26FN5O2S/c1-3-28-21(19-7-5-11-30-19)25-26-22(28)31-14-20(29)24-16-6-4-10-27(13-16)18-12-15(2)8-9-17(18)23/h5,7-9,11-12,16H,3-4,6,10,13-14H2,1-2H3,(H,24,29). The summed E-state index contributed by atoms with van der Waals surface area (Å²) in [4.78, 5) is 14.6. The minimum atomic E-state index is -0.223. The number of aromatic nitrogens is 3. The largest absolute Gasteiger partial charge is 0.461 e. The summed E-state index contributed by atoms with van der Waals surface area (Å²) in [5, 5.41) is 12.2. The van der Waals surface area contributed by atoms with E-state index in [1.54, 1.807) is 18.4 Å². The van der Waals surface area contributed by atoms with Crippen LogP contribution in [-0.4, -0.2) is 45.6 Å². The molecule has 31 heavy (non-hydrogen) atoms. The number of carbonyl (C=O) groups is 1. The van der Waals surface area contributed by atoms with Crippen molar-refractivity contribution < 1.29 is 13.6 Å². The van der Waals surface area contributed by atoms with Crippen molar-refractivity contribution >= 4 is 23.4 Å². The fraction of sp³-hybridized carbons (Fsp3) is 0.409. The number of piperidine rings is 1. The van der Waals surface area contributed by atoms with E-state index < -0.39 is 0 Å². The summed E-state index contributed by atoms with van der Waals surface area (Å²) in [5.74, 6) is 1.26. The average molecular weight is 444 g/mol. The maximum Gasteiger partial charge on any atom is 0.230 e. The Bertz CT molecular complexity index is 1040. The molecule has 0 bridgehead atoms. The van der Waals surface area contributed by atoms with E-state index >= 15 is 0 Å². The highest BCUT2D eigenvalue weighted by Gasteiger charge is 2.24. The second kappa shape index (κ2) is 9.55.